The summed E-state index contributed by atoms with van der Waals surface area (Å²) in [5.41, 5.74) is 1.68. The van der Waals surface area contributed by atoms with Crippen molar-refractivity contribution in [3.05, 3.63) is 51.7 Å². The summed E-state index contributed by atoms with van der Waals surface area (Å²) in [6, 6.07) is 11.2. The maximum atomic E-state index is 12.2. The second kappa shape index (κ2) is 6.97. The molecule has 0 bridgehead atoms. The lowest BCUT2D eigenvalue weighted by molar-refractivity contribution is -0.125. The Balaban J connectivity index is 1.61. The zero-order valence-electron chi connectivity index (χ0n) is 13.3. The van der Waals surface area contributed by atoms with Gasteiger partial charge in [0.25, 0.3) is 5.91 Å². The summed E-state index contributed by atoms with van der Waals surface area (Å²) < 4.78 is 0. The molecular formula is C18H18N2O3S. The van der Waals surface area contributed by atoms with E-state index >= 15 is 0 Å². The second-order valence-corrected chi connectivity index (χ2v) is 6.96. The predicted octanol–water partition coefficient (Wildman–Crippen LogP) is 2.77. The van der Waals surface area contributed by atoms with Crippen LogP contribution in [-0.2, 0) is 22.4 Å². The van der Waals surface area contributed by atoms with Crippen LogP contribution in [0.1, 0.15) is 33.5 Å². The number of anilines is 1. The molecule has 1 atom stereocenters. The van der Waals surface area contributed by atoms with E-state index in [1.165, 1.54) is 16.2 Å². The summed E-state index contributed by atoms with van der Waals surface area (Å²) in [5, 5.41) is 5.19. The number of thiophene rings is 1. The first-order valence-corrected chi connectivity index (χ1v) is 8.69. The van der Waals surface area contributed by atoms with Crippen LogP contribution in [0.4, 0.5) is 5.69 Å². The average molecular weight is 342 g/mol. The highest BCUT2D eigenvalue weighted by atomic mass is 32.1. The predicted molar refractivity (Wildman–Crippen MR) is 93.1 cm³/mol. The topological polar surface area (TPSA) is 75.3 Å². The number of carbonyl (C=O) groups is 3. The average Bonchev–Trinajstić information content (AvgIpc) is 3.16. The molecule has 1 aliphatic rings. The van der Waals surface area contributed by atoms with Crippen molar-refractivity contribution in [1.82, 2.24) is 5.32 Å². The highest BCUT2D eigenvalue weighted by molar-refractivity contribution is 7.14. The summed E-state index contributed by atoms with van der Waals surface area (Å²) in [4.78, 5) is 36.9. The molecule has 0 saturated carbocycles. The van der Waals surface area contributed by atoms with E-state index in [0.717, 1.165) is 12.0 Å². The van der Waals surface area contributed by atoms with Gasteiger partial charge >= 0.3 is 0 Å². The quantitative estimate of drug-likeness (QED) is 0.821. The first-order valence-electron chi connectivity index (χ1n) is 7.88. The van der Waals surface area contributed by atoms with Gasteiger partial charge in [0.05, 0.1) is 10.8 Å². The van der Waals surface area contributed by atoms with Gasteiger partial charge in [0.15, 0.2) is 0 Å². The fraction of sp³-hybridized carbons (Fsp3) is 0.278. The van der Waals surface area contributed by atoms with Gasteiger partial charge in [0, 0.05) is 17.0 Å². The number of nitrogens with one attached hydrogen (secondary N) is 2. The van der Waals surface area contributed by atoms with Gasteiger partial charge in [-0.15, -0.1) is 11.3 Å². The number of carbonyl (C=O) groups excluding carboxylic acids is 3. The minimum absolute atomic E-state index is 0.117. The minimum atomic E-state index is -0.295. The van der Waals surface area contributed by atoms with Crippen molar-refractivity contribution in [2.75, 3.05) is 5.32 Å². The summed E-state index contributed by atoms with van der Waals surface area (Å²) in [6.45, 7) is 2.06. The van der Waals surface area contributed by atoms with Crippen molar-refractivity contribution in [2.24, 2.45) is 5.92 Å². The maximum Gasteiger partial charge on any atom is 0.265 e. The normalized spacial score (nSPS) is 17.0. The van der Waals surface area contributed by atoms with Gasteiger partial charge in [-0.2, -0.15) is 0 Å². The largest absolute Gasteiger partial charge is 0.321 e. The molecule has 3 amide bonds. The molecule has 1 aromatic heterocycles. The lowest BCUT2D eigenvalue weighted by Crippen LogP contribution is -2.22. The Kier molecular flexibility index (Phi) is 4.76. The van der Waals surface area contributed by atoms with E-state index in [9.17, 15) is 14.4 Å². The highest BCUT2D eigenvalue weighted by Crippen LogP contribution is 2.21. The number of rotatable bonds is 5. The SMILES string of the molecule is CCc1ccc(C(=O)Nc2ccc(C[C@H]3CC(=O)NC3=O)cc2)s1. The Bertz CT molecular complexity index is 780. The number of aryl methyl sites for hydroxylation is 1. The van der Waals surface area contributed by atoms with Crippen molar-refractivity contribution < 1.29 is 14.4 Å². The van der Waals surface area contributed by atoms with Gasteiger partial charge < -0.3 is 5.32 Å². The molecule has 1 saturated heterocycles. The number of benzene rings is 1. The highest BCUT2D eigenvalue weighted by Gasteiger charge is 2.30. The lowest BCUT2D eigenvalue weighted by atomic mass is 9.98. The molecule has 5 nitrogen and oxygen atoms in total. The van der Waals surface area contributed by atoms with Crippen molar-refractivity contribution in [3.63, 3.8) is 0 Å². The minimum Gasteiger partial charge on any atom is -0.321 e. The van der Waals surface area contributed by atoms with Gasteiger partial charge in [-0.05, 0) is 42.7 Å². The molecule has 1 aromatic carbocycles. The second-order valence-electron chi connectivity index (χ2n) is 5.79. The number of amides is 3. The molecule has 1 fully saturated rings. The Morgan fingerprint density at radius 3 is 2.54 bits per heavy atom. The van der Waals surface area contributed by atoms with E-state index in [0.29, 0.717) is 17.0 Å². The van der Waals surface area contributed by atoms with Crippen LogP contribution < -0.4 is 10.6 Å². The van der Waals surface area contributed by atoms with Crippen molar-refractivity contribution >= 4 is 34.7 Å². The standard InChI is InChI=1S/C18H18N2O3S/c1-2-14-7-8-15(24-14)18(23)19-13-5-3-11(4-6-13)9-12-10-16(21)20-17(12)22/h3-8,12H,2,9-10H2,1H3,(H,19,23)(H,20,21,22)/t12-/m0/s1. The van der Waals surface area contributed by atoms with E-state index in [-0.39, 0.29) is 30.1 Å². The zero-order valence-corrected chi connectivity index (χ0v) is 14.1. The molecule has 2 N–H and O–H groups in total. The monoisotopic (exact) mass is 342 g/mol. The summed E-state index contributed by atoms with van der Waals surface area (Å²) >= 11 is 1.50. The molecule has 124 valence electrons. The summed E-state index contributed by atoms with van der Waals surface area (Å²) in [6.07, 6.45) is 1.69. The van der Waals surface area contributed by atoms with Crippen molar-refractivity contribution in [1.29, 1.82) is 0 Å². The van der Waals surface area contributed by atoms with Gasteiger partial charge in [-0.1, -0.05) is 19.1 Å². The molecule has 2 aromatic rings. The lowest BCUT2D eigenvalue weighted by Gasteiger charge is -2.08. The molecule has 24 heavy (non-hydrogen) atoms. The molecule has 6 heteroatoms. The fourth-order valence-corrected chi connectivity index (χ4v) is 3.51. The van der Waals surface area contributed by atoms with Gasteiger partial charge in [-0.25, -0.2) is 0 Å². The maximum absolute atomic E-state index is 12.2. The third-order valence-corrected chi connectivity index (χ3v) is 5.22. The Morgan fingerprint density at radius 1 is 1.21 bits per heavy atom. The van der Waals surface area contributed by atoms with Gasteiger partial charge in [-0.3, -0.25) is 19.7 Å². The van der Waals surface area contributed by atoms with Crippen LogP contribution in [0, 0.1) is 5.92 Å². The molecule has 0 radical (unpaired) electrons. The van der Waals surface area contributed by atoms with Crippen LogP contribution in [0.5, 0.6) is 0 Å². The van der Waals surface area contributed by atoms with Gasteiger partial charge in [0.1, 0.15) is 0 Å². The smallest absolute Gasteiger partial charge is 0.265 e. The van der Waals surface area contributed by atoms with Crippen LogP contribution in [0.2, 0.25) is 0 Å². The first-order chi connectivity index (χ1) is 11.5. The van der Waals surface area contributed by atoms with E-state index in [1.54, 1.807) is 0 Å². The fourth-order valence-electron chi connectivity index (χ4n) is 2.66. The van der Waals surface area contributed by atoms with Crippen LogP contribution in [0.3, 0.4) is 0 Å². The van der Waals surface area contributed by atoms with Crippen LogP contribution in [-0.4, -0.2) is 17.7 Å². The molecule has 0 aliphatic carbocycles. The van der Waals surface area contributed by atoms with Crippen molar-refractivity contribution in [2.45, 2.75) is 26.2 Å². The van der Waals surface area contributed by atoms with Crippen LogP contribution in [0.25, 0.3) is 0 Å². The first kappa shape index (κ1) is 16.4. The Labute approximate surface area is 144 Å². The van der Waals surface area contributed by atoms with Crippen LogP contribution >= 0.6 is 11.3 Å². The number of hydrogen-bond donors (Lipinski definition) is 2. The summed E-state index contributed by atoms with van der Waals surface area (Å²) in [7, 11) is 0. The molecule has 1 aliphatic heterocycles. The molecule has 3 rings (SSSR count). The zero-order chi connectivity index (χ0) is 17.1. The molecule has 2 heterocycles. The van der Waals surface area contributed by atoms with E-state index in [1.807, 2.05) is 36.4 Å². The van der Waals surface area contributed by atoms with E-state index in [4.69, 9.17) is 0 Å². The number of imide groups is 1. The molecular weight excluding hydrogens is 324 g/mol. The Hall–Kier alpha value is -2.47. The Morgan fingerprint density at radius 2 is 1.96 bits per heavy atom. The van der Waals surface area contributed by atoms with E-state index in [2.05, 4.69) is 17.6 Å². The third-order valence-electron chi connectivity index (χ3n) is 3.99. The number of hydrogen-bond acceptors (Lipinski definition) is 4. The third kappa shape index (κ3) is 3.71. The molecule has 0 spiro atoms. The van der Waals surface area contributed by atoms with E-state index < -0.39 is 0 Å². The van der Waals surface area contributed by atoms with Crippen molar-refractivity contribution in [3.8, 4) is 0 Å². The molecule has 0 unspecified atom stereocenters. The van der Waals surface area contributed by atoms with Gasteiger partial charge in [0.2, 0.25) is 11.8 Å². The summed E-state index contributed by atoms with van der Waals surface area (Å²) in [5.74, 6) is -0.831. The van der Waals surface area contributed by atoms with Crippen LogP contribution in [0.15, 0.2) is 36.4 Å².